The van der Waals surface area contributed by atoms with E-state index in [2.05, 4.69) is 22.3 Å². The number of rotatable bonds is 6. The molecule has 0 saturated carbocycles. The molecule has 5 nitrogen and oxygen atoms in total. The first kappa shape index (κ1) is 17.8. The van der Waals surface area contributed by atoms with Crippen LogP contribution in [-0.4, -0.2) is 25.5 Å². The van der Waals surface area contributed by atoms with E-state index in [0.29, 0.717) is 16.3 Å². The standard InChI is InChI=1S/C18H19ClN2O3/c1-3-12-4-7-14(8-5-12)20-11-17(22)21-16-10-13(18(23)24-2)6-9-15(16)19/h4-10,20H,3,11H2,1-2H3,(H,21,22). The van der Waals surface area contributed by atoms with Crippen LogP contribution < -0.4 is 10.6 Å². The molecule has 0 aliphatic rings. The van der Waals surface area contributed by atoms with Gasteiger partial charge in [-0.25, -0.2) is 4.79 Å². The third-order valence-corrected chi connectivity index (χ3v) is 3.81. The SMILES string of the molecule is CCc1ccc(NCC(=O)Nc2cc(C(=O)OC)ccc2Cl)cc1. The molecule has 0 heterocycles. The second-order valence-corrected chi connectivity index (χ2v) is 5.55. The molecule has 0 unspecified atom stereocenters. The Hall–Kier alpha value is -2.53. The quantitative estimate of drug-likeness (QED) is 0.782. The van der Waals surface area contributed by atoms with Crippen molar-refractivity contribution in [1.82, 2.24) is 0 Å². The number of anilines is 2. The van der Waals surface area contributed by atoms with Gasteiger partial charge in [0, 0.05) is 5.69 Å². The van der Waals surface area contributed by atoms with Crippen LogP contribution in [0.5, 0.6) is 0 Å². The number of aryl methyl sites for hydroxylation is 1. The van der Waals surface area contributed by atoms with E-state index in [9.17, 15) is 9.59 Å². The van der Waals surface area contributed by atoms with E-state index < -0.39 is 5.97 Å². The van der Waals surface area contributed by atoms with Crippen molar-refractivity contribution in [3.05, 3.63) is 58.6 Å². The maximum absolute atomic E-state index is 12.1. The highest BCUT2D eigenvalue weighted by molar-refractivity contribution is 6.33. The van der Waals surface area contributed by atoms with Crippen LogP contribution in [0.2, 0.25) is 5.02 Å². The number of esters is 1. The van der Waals surface area contributed by atoms with Gasteiger partial charge in [-0.3, -0.25) is 4.79 Å². The van der Waals surface area contributed by atoms with Crippen molar-refractivity contribution in [3.63, 3.8) is 0 Å². The van der Waals surface area contributed by atoms with Crippen LogP contribution in [-0.2, 0) is 16.0 Å². The molecule has 6 heteroatoms. The Morgan fingerprint density at radius 3 is 2.46 bits per heavy atom. The maximum atomic E-state index is 12.1. The number of carbonyl (C=O) groups excluding carboxylic acids is 2. The number of benzene rings is 2. The van der Waals surface area contributed by atoms with Crippen LogP contribution >= 0.6 is 11.6 Å². The number of hydrogen-bond donors (Lipinski definition) is 2. The molecule has 1 amide bonds. The molecule has 2 rings (SSSR count). The summed E-state index contributed by atoms with van der Waals surface area (Å²) < 4.78 is 4.65. The van der Waals surface area contributed by atoms with E-state index in [1.165, 1.54) is 24.8 Å². The fourth-order valence-electron chi connectivity index (χ4n) is 2.10. The molecule has 24 heavy (non-hydrogen) atoms. The fourth-order valence-corrected chi connectivity index (χ4v) is 2.27. The number of nitrogens with one attached hydrogen (secondary N) is 2. The zero-order valence-electron chi connectivity index (χ0n) is 13.6. The van der Waals surface area contributed by atoms with E-state index in [-0.39, 0.29) is 12.5 Å². The highest BCUT2D eigenvalue weighted by atomic mass is 35.5. The van der Waals surface area contributed by atoms with Gasteiger partial charge in [0.15, 0.2) is 0 Å². The molecule has 0 radical (unpaired) electrons. The summed E-state index contributed by atoms with van der Waals surface area (Å²) >= 11 is 6.05. The molecule has 2 aromatic rings. The Balaban J connectivity index is 1.97. The lowest BCUT2D eigenvalue weighted by Gasteiger charge is -2.10. The Labute approximate surface area is 146 Å². The maximum Gasteiger partial charge on any atom is 0.337 e. The molecule has 2 aromatic carbocycles. The largest absolute Gasteiger partial charge is 0.465 e. The summed E-state index contributed by atoms with van der Waals surface area (Å²) in [4.78, 5) is 23.6. The van der Waals surface area contributed by atoms with Gasteiger partial charge in [0.05, 0.1) is 29.9 Å². The van der Waals surface area contributed by atoms with Crippen molar-refractivity contribution in [1.29, 1.82) is 0 Å². The second-order valence-electron chi connectivity index (χ2n) is 5.14. The first-order valence-electron chi connectivity index (χ1n) is 7.54. The molecule has 0 aliphatic carbocycles. The molecule has 0 fully saturated rings. The lowest BCUT2D eigenvalue weighted by molar-refractivity contribution is -0.114. The number of halogens is 1. The normalized spacial score (nSPS) is 10.1. The molecule has 0 saturated heterocycles. The summed E-state index contributed by atoms with van der Waals surface area (Å²) in [7, 11) is 1.29. The lowest BCUT2D eigenvalue weighted by Crippen LogP contribution is -2.22. The summed E-state index contributed by atoms with van der Waals surface area (Å²) in [5.41, 5.74) is 2.78. The smallest absolute Gasteiger partial charge is 0.337 e. The molecule has 0 spiro atoms. The van der Waals surface area contributed by atoms with Crippen molar-refractivity contribution in [2.45, 2.75) is 13.3 Å². The molecule has 0 aliphatic heterocycles. The summed E-state index contributed by atoms with van der Waals surface area (Å²) in [6, 6.07) is 12.4. The predicted octanol–water partition coefficient (Wildman–Crippen LogP) is 3.74. The Bertz CT molecular complexity index is 730. The van der Waals surface area contributed by atoms with Crippen LogP contribution in [0, 0.1) is 0 Å². The van der Waals surface area contributed by atoms with Gasteiger partial charge in [-0.1, -0.05) is 30.7 Å². The third-order valence-electron chi connectivity index (χ3n) is 3.48. The number of amides is 1. The zero-order chi connectivity index (χ0) is 17.5. The van der Waals surface area contributed by atoms with E-state index >= 15 is 0 Å². The van der Waals surface area contributed by atoms with Crippen molar-refractivity contribution in [3.8, 4) is 0 Å². The van der Waals surface area contributed by atoms with Crippen molar-refractivity contribution >= 4 is 34.9 Å². The van der Waals surface area contributed by atoms with E-state index in [1.54, 1.807) is 6.07 Å². The van der Waals surface area contributed by atoms with Gasteiger partial charge in [0.2, 0.25) is 5.91 Å². The minimum absolute atomic E-state index is 0.0876. The number of hydrogen-bond acceptors (Lipinski definition) is 4. The molecule has 126 valence electrons. The third kappa shape index (κ3) is 4.73. The van der Waals surface area contributed by atoms with Gasteiger partial charge in [-0.05, 0) is 42.3 Å². The van der Waals surface area contributed by atoms with Gasteiger partial charge in [-0.2, -0.15) is 0 Å². The molecule has 0 bridgehead atoms. The van der Waals surface area contributed by atoms with E-state index in [1.807, 2.05) is 24.3 Å². The van der Waals surface area contributed by atoms with Crippen LogP contribution in [0.25, 0.3) is 0 Å². The predicted molar refractivity (Wildman–Crippen MR) is 95.7 cm³/mol. The van der Waals surface area contributed by atoms with E-state index in [0.717, 1.165) is 12.1 Å². The Morgan fingerprint density at radius 2 is 1.83 bits per heavy atom. The van der Waals surface area contributed by atoms with Crippen molar-refractivity contribution in [2.75, 3.05) is 24.3 Å². The van der Waals surface area contributed by atoms with Crippen LogP contribution in [0.3, 0.4) is 0 Å². The van der Waals surface area contributed by atoms with Gasteiger partial charge in [-0.15, -0.1) is 0 Å². The van der Waals surface area contributed by atoms with Crippen LogP contribution in [0.4, 0.5) is 11.4 Å². The topological polar surface area (TPSA) is 67.4 Å². The first-order chi connectivity index (χ1) is 11.5. The highest BCUT2D eigenvalue weighted by Crippen LogP contribution is 2.23. The van der Waals surface area contributed by atoms with Crippen LogP contribution in [0.15, 0.2) is 42.5 Å². The lowest BCUT2D eigenvalue weighted by atomic mass is 10.1. The number of ether oxygens (including phenoxy) is 1. The minimum atomic E-state index is -0.490. The van der Waals surface area contributed by atoms with Gasteiger partial charge < -0.3 is 15.4 Å². The van der Waals surface area contributed by atoms with Crippen LogP contribution in [0.1, 0.15) is 22.8 Å². The molecule has 0 atom stereocenters. The second kappa shape index (κ2) is 8.36. The van der Waals surface area contributed by atoms with Gasteiger partial charge in [0.25, 0.3) is 0 Å². The average molecular weight is 347 g/mol. The Kier molecular flexibility index (Phi) is 6.21. The van der Waals surface area contributed by atoms with Crippen molar-refractivity contribution in [2.24, 2.45) is 0 Å². The van der Waals surface area contributed by atoms with Gasteiger partial charge in [0.1, 0.15) is 0 Å². The van der Waals surface area contributed by atoms with Crippen molar-refractivity contribution < 1.29 is 14.3 Å². The molecular weight excluding hydrogens is 328 g/mol. The molecular formula is C18H19ClN2O3. The number of methoxy groups -OCH3 is 1. The van der Waals surface area contributed by atoms with Gasteiger partial charge >= 0.3 is 5.97 Å². The number of carbonyl (C=O) groups is 2. The fraction of sp³-hybridized carbons (Fsp3) is 0.222. The monoisotopic (exact) mass is 346 g/mol. The summed E-state index contributed by atoms with van der Waals surface area (Å²) in [5, 5.41) is 6.07. The minimum Gasteiger partial charge on any atom is -0.465 e. The average Bonchev–Trinajstić information content (AvgIpc) is 2.61. The Morgan fingerprint density at radius 1 is 1.12 bits per heavy atom. The zero-order valence-corrected chi connectivity index (χ0v) is 14.3. The summed E-state index contributed by atoms with van der Waals surface area (Å²) in [6.45, 7) is 2.17. The molecule has 2 N–H and O–H groups in total. The first-order valence-corrected chi connectivity index (χ1v) is 7.91. The summed E-state index contributed by atoms with van der Waals surface area (Å²) in [6.07, 6.45) is 0.968. The highest BCUT2D eigenvalue weighted by Gasteiger charge is 2.11. The summed E-state index contributed by atoms with van der Waals surface area (Å²) in [5.74, 6) is -0.755. The van der Waals surface area contributed by atoms with E-state index in [4.69, 9.17) is 11.6 Å². The molecule has 0 aromatic heterocycles.